The first-order valence-electron chi connectivity index (χ1n) is 7.45. The molecule has 6 heteroatoms. The molecule has 24 heavy (non-hydrogen) atoms. The zero-order chi connectivity index (χ0) is 17.7. The van der Waals surface area contributed by atoms with Crippen molar-refractivity contribution in [2.75, 3.05) is 37.9 Å². The lowest BCUT2D eigenvalue weighted by atomic mass is 10.1. The van der Waals surface area contributed by atoms with Crippen LogP contribution in [0.25, 0.3) is 0 Å². The van der Waals surface area contributed by atoms with Gasteiger partial charge in [-0.25, -0.2) is 0 Å². The number of halogens is 1. The first-order valence-corrected chi connectivity index (χ1v) is 7.83. The second kappa shape index (κ2) is 7.84. The third kappa shape index (κ3) is 4.49. The lowest BCUT2D eigenvalue weighted by Gasteiger charge is -2.19. The summed E-state index contributed by atoms with van der Waals surface area (Å²) in [5.41, 5.74) is 1.99. The summed E-state index contributed by atoms with van der Waals surface area (Å²) in [5, 5.41) is 3.16. The van der Waals surface area contributed by atoms with Crippen molar-refractivity contribution >= 4 is 34.8 Å². The summed E-state index contributed by atoms with van der Waals surface area (Å²) >= 11 is 6.01. The number of anilines is 2. The van der Waals surface area contributed by atoms with Gasteiger partial charge in [-0.05, 0) is 30.3 Å². The molecular weight excluding hydrogens is 326 g/mol. The van der Waals surface area contributed by atoms with E-state index in [9.17, 15) is 9.59 Å². The van der Waals surface area contributed by atoms with E-state index in [-0.39, 0.29) is 18.4 Å². The number of carbonyl (C=O) groups is 2. The van der Waals surface area contributed by atoms with Gasteiger partial charge in [0.2, 0.25) is 5.91 Å². The predicted octanol–water partition coefficient (Wildman–Crippen LogP) is 3.12. The second-order valence-corrected chi connectivity index (χ2v) is 6.04. The molecule has 0 unspecified atom stereocenters. The summed E-state index contributed by atoms with van der Waals surface area (Å²) in [6.45, 7) is -0.0593. The van der Waals surface area contributed by atoms with Gasteiger partial charge in [-0.2, -0.15) is 0 Å². The van der Waals surface area contributed by atoms with Gasteiger partial charge in [0.1, 0.15) is 0 Å². The maximum atomic E-state index is 12.5. The number of amides is 2. The Hall–Kier alpha value is -2.53. The largest absolute Gasteiger partial charge is 0.378 e. The molecule has 2 amide bonds. The van der Waals surface area contributed by atoms with Crippen LogP contribution in [0.3, 0.4) is 0 Å². The van der Waals surface area contributed by atoms with E-state index in [4.69, 9.17) is 11.6 Å². The Morgan fingerprint density at radius 2 is 1.75 bits per heavy atom. The molecule has 0 radical (unpaired) electrons. The molecule has 2 rings (SSSR count). The Bertz CT molecular complexity index is 747. The summed E-state index contributed by atoms with van der Waals surface area (Å²) in [6.07, 6.45) is 0. The Labute approximate surface area is 146 Å². The highest BCUT2D eigenvalue weighted by atomic mass is 35.5. The molecular formula is C18H20ClN3O2. The molecule has 0 heterocycles. The van der Waals surface area contributed by atoms with Crippen molar-refractivity contribution in [3.8, 4) is 0 Å². The molecule has 0 aliphatic rings. The quantitative estimate of drug-likeness (QED) is 0.905. The van der Waals surface area contributed by atoms with Gasteiger partial charge in [0.25, 0.3) is 5.91 Å². The summed E-state index contributed by atoms with van der Waals surface area (Å²) < 4.78 is 0. The molecule has 5 nitrogen and oxygen atoms in total. The number of benzene rings is 2. The van der Waals surface area contributed by atoms with Gasteiger partial charge in [-0.3, -0.25) is 9.59 Å². The number of nitrogens with zero attached hydrogens (tertiary/aromatic N) is 2. The molecule has 0 aromatic heterocycles. The van der Waals surface area contributed by atoms with Crippen LogP contribution < -0.4 is 10.2 Å². The fourth-order valence-electron chi connectivity index (χ4n) is 2.18. The fraction of sp³-hybridized carbons (Fsp3) is 0.222. The zero-order valence-corrected chi connectivity index (χ0v) is 14.7. The normalized spacial score (nSPS) is 10.2. The van der Waals surface area contributed by atoms with Gasteiger partial charge >= 0.3 is 0 Å². The van der Waals surface area contributed by atoms with Crippen molar-refractivity contribution in [2.24, 2.45) is 0 Å². The number of para-hydroxylation sites is 1. The first-order chi connectivity index (χ1) is 11.4. The molecule has 0 spiro atoms. The lowest BCUT2D eigenvalue weighted by molar-refractivity contribution is -0.116. The molecule has 0 aliphatic carbocycles. The van der Waals surface area contributed by atoms with Crippen LogP contribution in [-0.2, 0) is 4.79 Å². The summed E-state index contributed by atoms with van der Waals surface area (Å²) in [6, 6.07) is 14.2. The molecule has 2 aromatic carbocycles. The Morgan fingerprint density at radius 3 is 2.42 bits per heavy atom. The monoisotopic (exact) mass is 345 g/mol. The minimum atomic E-state index is -0.303. The number of nitrogens with one attached hydrogen (secondary N) is 1. The van der Waals surface area contributed by atoms with E-state index in [1.54, 1.807) is 43.4 Å². The third-order valence-electron chi connectivity index (χ3n) is 3.48. The molecule has 0 aliphatic heterocycles. The van der Waals surface area contributed by atoms with E-state index in [1.165, 1.54) is 4.90 Å². The van der Waals surface area contributed by atoms with Crippen molar-refractivity contribution in [3.05, 3.63) is 59.1 Å². The smallest absolute Gasteiger partial charge is 0.254 e. The minimum absolute atomic E-state index is 0.0593. The van der Waals surface area contributed by atoms with E-state index < -0.39 is 0 Å². The highest BCUT2D eigenvalue weighted by Gasteiger charge is 2.16. The van der Waals surface area contributed by atoms with Crippen LogP contribution in [0.4, 0.5) is 11.4 Å². The molecule has 0 bridgehead atoms. The Morgan fingerprint density at radius 1 is 1.04 bits per heavy atom. The third-order valence-corrected chi connectivity index (χ3v) is 3.81. The van der Waals surface area contributed by atoms with E-state index in [2.05, 4.69) is 5.32 Å². The average molecular weight is 346 g/mol. The van der Waals surface area contributed by atoms with Crippen LogP contribution in [-0.4, -0.2) is 44.4 Å². The van der Waals surface area contributed by atoms with Gasteiger partial charge < -0.3 is 15.1 Å². The molecule has 126 valence electrons. The molecule has 2 aromatic rings. The van der Waals surface area contributed by atoms with E-state index in [0.29, 0.717) is 16.3 Å². The Kier molecular flexibility index (Phi) is 5.82. The zero-order valence-electron chi connectivity index (χ0n) is 13.9. The van der Waals surface area contributed by atoms with Crippen LogP contribution in [0.5, 0.6) is 0 Å². The van der Waals surface area contributed by atoms with Gasteiger partial charge in [0.05, 0.1) is 17.3 Å². The van der Waals surface area contributed by atoms with Crippen LogP contribution >= 0.6 is 11.6 Å². The van der Waals surface area contributed by atoms with Gasteiger partial charge in [0, 0.05) is 32.4 Å². The van der Waals surface area contributed by atoms with Crippen LogP contribution in [0, 0.1) is 0 Å². The molecule has 1 N–H and O–H groups in total. The Balaban J connectivity index is 2.02. The summed E-state index contributed by atoms with van der Waals surface area (Å²) in [7, 11) is 5.41. The van der Waals surface area contributed by atoms with Crippen molar-refractivity contribution in [1.82, 2.24) is 4.90 Å². The van der Waals surface area contributed by atoms with Crippen molar-refractivity contribution in [1.29, 1.82) is 0 Å². The van der Waals surface area contributed by atoms with Crippen molar-refractivity contribution in [2.45, 2.75) is 0 Å². The van der Waals surface area contributed by atoms with Crippen molar-refractivity contribution in [3.63, 3.8) is 0 Å². The van der Waals surface area contributed by atoms with Crippen LogP contribution in [0.1, 0.15) is 10.4 Å². The van der Waals surface area contributed by atoms with Crippen LogP contribution in [0.2, 0.25) is 5.02 Å². The van der Waals surface area contributed by atoms with Gasteiger partial charge in [-0.1, -0.05) is 29.8 Å². The molecule has 0 atom stereocenters. The fourth-order valence-corrected chi connectivity index (χ4v) is 2.36. The number of likely N-dealkylation sites (N-methyl/N-ethyl adjacent to an activating group) is 1. The lowest BCUT2D eigenvalue weighted by Crippen LogP contribution is -2.35. The maximum absolute atomic E-state index is 12.5. The second-order valence-electron chi connectivity index (χ2n) is 5.63. The summed E-state index contributed by atoms with van der Waals surface area (Å²) in [4.78, 5) is 27.9. The molecule has 0 saturated carbocycles. The predicted molar refractivity (Wildman–Crippen MR) is 97.8 cm³/mol. The first kappa shape index (κ1) is 17.8. The van der Waals surface area contributed by atoms with E-state index >= 15 is 0 Å². The highest BCUT2D eigenvalue weighted by molar-refractivity contribution is 6.33. The standard InChI is InChI=1S/C18H20ClN3O2/c1-21(2)14-8-6-7-13(11-14)18(24)22(3)12-17(23)20-16-10-5-4-9-15(16)19/h4-11H,12H2,1-3H3,(H,20,23). The average Bonchev–Trinajstić information content (AvgIpc) is 2.56. The van der Waals surface area contributed by atoms with Gasteiger partial charge in [-0.15, -0.1) is 0 Å². The van der Waals surface area contributed by atoms with E-state index in [1.807, 2.05) is 31.1 Å². The van der Waals surface area contributed by atoms with Crippen molar-refractivity contribution < 1.29 is 9.59 Å². The maximum Gasteiger partial charge on any atom is 0.254 e. The summed E-state index contributed by atoms with van der Waals surface area (Å²) in [5.74, 6) is -0.518. The van der Waals surface area contributed by atoms with E-state index in [0.717, 1.165) is 5.69 Å². The molecule has 0 saturated heterocycles. The molecule has 0 fully saturated rings. The topological polar surface area (TPSA) is 52.7 Å². The number of carbonyl (C=O) groups excluding carboxylic acids is 2. The number of hydrogen-bond acceptors (Lipinski definition) is 3. The minimum Gasteiger partial charge on any atom is -0.378 e. The van der Waals surface area contributed by atoms with Crippen LogP contribution in [0.15, 0.2) is 48.5 Å². The SMILES string of the molecule is CN(CC(=O)Nc1ccccc1Cl)C(=O)c1cccc(N(C)C)c1. The number of rotatable bonds is 5. The highest BCUT2D eigenvalue weighted by Crippen LogP contribution is 2.20. The number of hydrogen-bond donors (Lipinski definition) is 1. The van der Waals surface area contributed by atoms with Gasteiger partial charge in [0.15, 0.2) is 0 Å².